The zero-order valence-electron chi connectivity index (χ0n) is 11.7. The summed E-state index contributed by atoms with van der Waals surface area (Å²) in [6, 6.07) is 5.41. The lowest BCUT2D eigenvalue weighted by molar-refractivity contribution is 0.0575. The summed E-state index contributed by atoms with van der Waals surface area (Å²) >= 11 is 5.98. The summed E-state index contributed by atoms with van der Waals surface area (Å²) in [5, 5.41) is 14.2. The van der Waals surface area contributed by atoms with Gasteiger partial charge in [0.15, 0.2) is 0 Å². The molecular formula is C14H22ClNO3. The van der Waals surface area contributed by atoms with Crippen LogP contribution >= 0.6 is 11.6 Å². The minimum absolute atomic E-state index is 0.469. The Kier molecular flexibility index (Phi) is 6.58. The Bertz CT molecular complexity index is 396. The van der Waals surface area contributed by atoms with Crippen molar-refractivity contribution in [3.63, 3.8) is 0 Å². The van der Waals surface area contributed by atoms with E-state index in [4.69, 9.17) is 21.1 Å². The molecule has 4 nitrogen and oxygen atoms in total. The van der Waals surface area contributed by atoms with Crippen LogP contribution in [0.5, 0.6) is 5.75 Å². The van der Waals surface area contributed by atoms with Gasteiger partial charge in [0.25, 0.3) is 0 Å². The van der Waals surface area contributed by atoms with E-state index in [0.29, 0.717) is 31.1 Å². The molecule has 0 aliphatic heterocycles. The van der Waals surface area contributed by atoms with Crippen molar-refractivity contribution in [3.05, 3.63) is 28.8 Å². The molecule has 0 aliphatic rings. The second kappa shape index (κ2) is 7.70. The highest BCUT2D eigenvalue weighted by atomic mass is 35.5. The quantitative estimate of drug-likeness (QED) is 0.717. The van der Waals surface area contributed by atoms with Crippen LogP contribution in [0.15, 0.2) is 18.2 Å². The van der Waals surface area contributed by atoms with Crippen molar-refractivity contribution in [2.75, 3.05) is 33.9 Å². The summed E-state index contributed by atoms with van der Waals surface area (Å²) in [4.78, 5) is 0. The number of halogens is 1. The number of benzene rings is 1. The van der Waals surface area contributed by atoms with Crippen molar-refractivity contribution in [2.45, 2.75) is 18.9 Å². The predicted molar refractivity (Wildman–Crippen MR) is 77.1 cm³/mol. The van der Waals surface area contributed by atoms with Crippen molar-refractivity contribution in [1.29, 1.82) is 0 Å². The van der Waals surface area contributed by atoms with Crippen LogP contribution < -0.4 is 10.1 Å². The van der Waals surface area contributed by atoms with Gasteiger partial charge in [-0.15, -0.1) is 0 Å². The van der Waals surface area contributed by atoms with E-state index in [0.717, 1.165) is 11.3 Å². The Morgan fingerprint density at radius 2 is 2.11 bits per heavy atom. The zero-order chi connectivity index (χ0) is 14.3. The van der Waals surface area contributed by atoms with Gasteiger partial charge in [-0.3, -0.25) is 0 Å². The summed E-state index contributed by atoms with van der Waals surface area (Å²) in [6.45, 7) is 3.59. The van der Waals surface area contributed by atoms with Crippen LogP contribution in [0, 0.1) is 0 Å². The number of hydrogen-bond donors (Lipinski definition) is 2. The highest BCUT2D eigenvalue weighted by Gasteiger charge is 2.22. The van der Waals surface area contributed by atoms with Crippen LogP contribution in [-0.2, 0) is 11.2 Å². The molecule has 1 aromatic rings. The van der Waals surface area contributed by atoms with Gasteiger partial charge in [0, 0.05) is 31.6 Å². The van der Waals surface area contributed by atoms with Crippen LogP contribution in [0.2, 0.25) is 5.02 Å². The molecule has 0 aromatic heterocycles. The molecule has 1 atom stereocenters. The van der Waals surface area contributed by atoms with Crippen LogP contribution in [0.25, 0.3) is 0 Å². The molecule has 1 rings (SSSR count). The average molecular weight is 288 g/mol. The molecule has 0 spiro atoms. The van der Waals surface area contributed by atoms with E-state index in [1.54, 1.807) is 27.2 Å². The first kappa shape index (κ1) is 16.2. The van der Waals surface area contributed by atoms with E-state index >= 15 is 0 Å². The van der Waals surface area contributed by atoms with Crippen molar-refractivity contribution in [3.8, 4) is 5.75 Å². The monoisotopic (exact) mass is 287 g/mol. The maximum Gasteiger partial charge on any atom is 0.122 e. The third kappa shape index (κ3) is 5.78. The normalized spacial score (nSPS) is 14.2. The summed E-state index contributed by atoms with van der Waals surface area (Å²) in [5.74, 6) is 0.738. The number of hydrogen-bond acceptors (Lipinski definition) is 4. The third-order valence-corrected chi connectivity index (χ3v) is 3.04. The van der Waals surface area contributed by atoms with Crippen LogP contribution in [0.4, 0.5) is 0 Å². The van der Waals surface area contributed by atoms with Crippen LogP contribution in [-0.4, -0.2) is 44.6 Å². The molecule has 0 amide bonds. The van der Waals surface area contributed by atoms with E-state index in [1.165, 1.54) is 0 Å². The Balaban J connectivity index is 2.63. The minimum atomic E-state index is -0.869. The Morgan fingerprint density at radius 1 is 1.37 bits per heavy atom. The molecule has 5 heteroatoms. The second-order valence-corrected chi connectivity index (χ2v) is 5.24. The molecule has 0 aliphatic carbocycles. The number of methoxy groups -OCH3 is 2. The lowest BCUT2D eigenvalue weighted by Crippen LogP contribution is -2.40. The first-order chi connectivity index (χ1) is 8.98. The molecule has 108 valence electrons. The first-order valence-electron chi connectivity index (χ1n) is 6.23. The molecule has 0 saturated heterocycles. The molecule has 1 unspecified atom stereocenters. The Hall–Kier alpha value is -0.810. The van der Waals surface area contributed by atoms with Gasteiger partial charge < -0.3 is 19.9 Å². The minimum Gasteiger partial charge on any atom is -0.496 e. The standard InChI is InChI=1S/C14H22ClNO3/c1-14(17,10-16-6-7-18-2)9-11-8-12(15)4-5-13(11)19-3/h4-5,8,16-17H,6-7,9-10H2,1-3H3. The van der Waals surface area contributed by atoms with E-state index in [2.05, 4.69) is 5.32 Å². The first-order valence-corrected chi connectivity index (χ1v) is 6.61. The lowest BCUT2D eigenvalue weighted by Gasteiger charge is -2.25. The van der Waals surface area contributed by atoms with Gasteiger partial charge in [0.1, 0.15) is 5.75 Å². The Morgan fingerprint density at radius 3 is 2.74 bits per heavy atom. The second-order valence-electron chi connectivity index (χ2n) is 4.80. The highest BCUT2D eigenvalue weighted by molar-refractivity contribution is 6.30. The smallest absolute Gasteiger partial charge is 0.122 e. The van der Waals surface area contributed by atoms with E-state index in [9.17, 15) is 5.11 Å². The highest BCUT2D eigenvalue weighted by Crippen LogP contribution is 2.26. The van der Waals surface area contributed by atoms with E-state index < -0.39 is 5.60 Å². The van der Waals surface area contributed by atoms with Crippen molar-refractivity contribution >= 4 is 11.6 Å². The molecule has 0 fully saturated rings. The Labute approximate surface area is 119 Å². The van der Waals surface area contributed by atoms with Gasteiger partial charge in [0.05, 0.1) is 19.3 Å². The largest absolute Gasteiger partial charge is 0.496 e. The predicted octanol–water partition coefficient (Wildman–Crippen LogP) is 1.88. The van der Waals surface area contributed by atoms with Crippen LogP contribution in [0.3, 0.4) is 0 Å². The van der Waals surface area contributed by atoms with Gasteiger partial charge in [-0.05, 0) is 30.7 Å². The number of aliphatic hydroxyl groups is 1. The molecule has 0 radical (unpaired) electrons. The van der Waals surface area contributed by atoms with Gasteiger partial charge in [0.2, 0.25) is 0 Å². The maximum absolute atomic E-state index is 10.4. The zero-order valence-corrected chi connectivity index (χ0v) is 12.5. The molecule has 0 heterocycles. The van der Waals surface area contributed by atoms with Crippen molar-refractivity contribution in [1.82, 2.24) is 5.32 Å². The van der Waals surface area contributed by atoms with E-state index in [-0.39, 0.29) is 0 Å². The number of ether oxygens (including phenoxy) is 2. The molecule has 1 aromatic carbocycles. The van der Waals surface area contributed by atoms with Gasteiger partial charge in [-0.2, -0.15) is 0 Å². The summed E-state index contributed by atoms with van der Waals surface area (Å²) in [7, 11) is 3.26. The fraction of sp³-hybridized carbons (Fsp3) is 0.571. The SMILES string of the molecule is COCCNCC(C)(O)Cc1cc(Cl)ccc1OC. The topological polar surface area (TPSA) is 50.7 Å². The number of rotatable bonds is 8. The third-order valence-electron chi connectivity index (χ3n) is 2.80. The van der Waals surface area contributed by atoms with E-state index in [1.807, 2.05) is 12.1 Å². The van der Waals surface area contributed by atoms with Crippen LogP contribution in [0.1, 0.15) is 12.5 Å². The fourth-order valence-electron chi connectivity index (χ4n) is 1.89. The summed E-state index contributed by atoms with van der Waals surface area (Å²) in [6.07, 6.45) is 0.469. The summed E-state index contributed by atoms with van der Waals surface area (Å²) in [5.41, 5.74) is 0.0275. The fourth-order valence-corrected chi connectivity index (χ4v) is 2.08. The number of nitrogens with one attached hydrogen (secondary N) is 1. The van der Waals surface area contributed by atoms with Crippen molar-refractivity contribution < 1.29 is 14.6 Å². The van der Waals surface area contributed by atoms with Gasteiger partial charge in [-0.1, -0.05) is 11.6 Å². The molecule has 2 N–H and O–H groups in total. The van der Waals surface area contributed by atoms with Gasteiger partial charge >= 0.3 is 0 Å². The average Bonchev–Trinajstić information content (AvgIpc) is 2.34. The lowest BCUT2D eigenvalue weighted by atomic mass is 9.96. The molecule has 19 heavy (non-hydrogen) atoms. The van der Waals surface area contributed by atoms with Gasteiger partial charge in [-0.25, -0.2) is 0 Å². The maximum atomic E-state index is 10.4. The summed E-state index contributed by atoms with van der Waals surface area (Å²) < 4.78 is 10.2. The van der Waals surface area contributed by atoms with Crippen molar-refractivity contribution in [2.24, 2.45) is 0 Å². The molecule has 0 saturated carbocycles. The molecular weight excluding hydrogens is 266 g/mol. The molecule has 0 bridgehead atoms.